The van der Waals surface area contributed by atoms with Crippen molar-refractivity contribution in [2.45, 2.75) is 49.5 Å². The first-order chi connectivity index (χ1) is 31.8. The van der Waals surface area contributed by atoms with Gasteiger partial charge in [0.2, 0.25) is 0 Å². The fraction of sp³-hybridized carbons (Fsp3) is 0.157. The van der Waals surface area contributed by atoms with Crippen molar-refractivity contribution >= 4 is 22.4 Å². The summed E-state index contributed by atoms with van der Waals surface area (Å²) in [4.78, 5) is 10.2. The van der Waals surface area contributed by atoms with E-state index in [2.05, 4.69) is 9.97 Å². The number of benzene rings is 4. The van der Waals surface area contributed by atoms with Crippen LogP contribution in [0.4, 0.5) is 52.7 Å². The molecule has 4 aromatic carbocycles. The molecule has 4 nitrogen and oxygen atoms in total. The molecule has 0 amide bonds. The number of alkyl halides is 12. The summed E-state index contributed by atoms with van der Waals surface area (Å²) in [6.07, 6.45) is -20.6. The Hall–Kier alpha value is -7.23. The van der Waals surface area contributed by atoms with Crippen LogP contribution < -0.4 is 10.7 Å². The molecule has 7 aromatic rings. The molecule has 0 saturated heterocycles. The van der Waals surface area contributed by atoms with Gasteiger partial charge in [-0.1, -0.05) is 121 Å². The van der Waals surface area contributed by atoms with Crippen molar-refractivity contribution in [2.75, 3.05) is 0 Å². The van der Waals surface area contributed by atoms with Crippen LogP contribution in [0.5, 0.6) is 0 Å². The van der Waals surface area contributed by atoms with Crippen LogP contribution in [-0.4, -0.2) is 20.2 Å². The van der Waals surface area contributed by atoms with Gasteiger partial charge in [-0.15, -0.1) is 0 Å². The molecule has 10 bridgehead atoms. The summed E-state index contributed by atoms with van der Waals surface area (Å²) in [6.45, 7) is -0.341. The third kappa shape index (κ3) is 7.06. The molecule has 0 saturated carbocycles. The molecule has 3 aromatic heterocycles. The Morgan fingerprint density at radius 2 is 0.910 bits per heavy atom. The molecule has 3 aliphatic rings. The van der Waals surface area contributed by atoms with Gasteiger partial charge in [0.1, 0.15) is 0 Å². The maximum absolute atomic E-state index is 16.2. The Balaban J connectivity index is 1.54. The van der Waals surface area contributed by atoms with Crippen molar-refractivity contribution in [1.82, 2.24) is 14.5 Å². The van der Waals surface area contributed by atoms with Gasteiger partial charge in [0.15, 0.2) is 0 Å². The molecule has 1 atom stereocenters. The number of aromatic amines is 2. The molecule has 3 aliphatic heterocycles. The van der Waals surface area contributed by atoms with Crippen LogP contribution in [0.3, 0.4) is 0 Å². The highest BCUT2D eigenvalue weighted by atomic mass is 19.4. The van der Waals surface area contributed by atoms with Gasteiger partial charge in [-0.25, -0.2) is 0 Å². The second-order valence-corrected chi connectivity index (χ2v) is 16.3. The fourth-order valence-electron chi connectivity index (χ4n) is 10.1. The van der Waals surface area contributed by atoms with E-state index >= 15 is 52.7 Å². The van der Waals surface area contributed by atoms with E-state index in [4.69, 9.17) is 4.99 Å². The van der Waals surface area contributed by atoms with E-state index in [1.54, 1.807) is 12.1 Å². The van der Waals surface area contributed by atoms with Gasteiger partial charge in [-0.3, -0.25) is 4.99 Å². The predicted octanol–water partition coefficient (Wildman–Crippen LogP) is 12.6. The lowest BCUT2D eigenvalue weighted by atomic mass is 9.67. The monoisotopic (exact) mass is 928 g/mol. The zero-order valence-electron chi connectivity index (χ0n) is 34.4. The summed E-state index contributed by atoms with van der Waals surface area (Å²) in [5, 5.41) is -0.559. The van der Waals surface area contributed by atoms with Crippen molar-refractivity contribution in [3.63, 3.8) is 0 Å². The van der Waals surface area contributed by atoms with Crippen molar-refractivity contribution in [1.29, 1.82) is 0 Å². The average Bonchev–Trinajstić information content (AvgIpc) is 4.11. The number of allylic oxidation sites excluding steroid dienone is 2. The van der Waals surface area contributed by atoms with E-state index in [1.165, 1.54) is 133 Å². The van der Waals surface area contributed by atoms with Crippen LogP contribution in [0, 0.1) is 0 Å². The largest absolute Gasteiger partial charge is 0.419 e. The van der Waals surface area contributed by atoms with Crippen molar-refractivity contribution in [2.24, 2.45) is 4.99 Å². The lowest BCUT2D eigenvalue weighted by Gasteiger charge is -2.40. The van der Waals surface area contributed by atoms with Gasteiger partial charge in [0, 0.05) is 39.7 Å². The molecular weight excluding hydrogens is 897 g/mol. The summed E-state index contributed by atoms with van der Waals surface area (Å²) in [5.41, 5.74) is -16.1. The Kier molecular flexibility index (Phi) is 10.0. The van der Waals surface area contributed by atoms with Gasteiger partial charge < -0.3 is 14.5 Å². The number of nitrogens with one attached hydrogen (secondary N) is 2. The molecular formula is C51H32F12N4. The van der Waals surface area contributed by atoms with Gasteiger partial charge in [-0.05, 0) is 59.4 Å². The van der Waals surface area contributed by atoms with E-state index in [-0.39, 0.29) is 63.7 Å². The standard InChI is InChI=1S/C51H32F12N4/c52-48(53,54)39-40(49(55,56)57)44-37(29-16-7-2-8-17-29)33-24-25-35(65-33)47(31-20-11-4-12-21-31)26-13-27-67-45(41(50(58,59)60)42(46(47)67)51(61,62)63)38(30-18-9-3-10-19-30)34-23-22-32(64-34)36(43(39)66-44)28-14-5-1-6-15-28/h1-12,14-25,64,66H,13,26-27H2/b36-32-,37-33-,38-34-/t47-/m1/s1. The van der Waals surface area contributed by atoms with Gasteiger partial charge in [-0.2, -0.15) is 52.7 Å². The van der Waals surface area contributed by atoms with Crippen molar-refractivity contribution in [3.05, 3.63) is 229 Å². The number of H-pyrrole nitrogens is 2. The number of hydrogen-bond donors (Lipinski definition) is 2. The molecule has 0 radical (unpaired) electrons. The fourth-order valence-corrected chi connectivity index (χ4v) is 10.1. The van der Waals surface area contributed by atoms with E-state index in [0.29, 0.717) is 0 Å². The van der Waals surface area contributed by atoms with Crippen LogP contribution in [0.2, 0.25) is 0 Å². The summed E-state index contributed by atoms with van der Waals surface area (Å²) < 4.78 is 192. The molecule has 6 heterocycles. The van der Waals surface area contributed by atoms with Crippen LogP contribution in [0.1, 0.15) is 80.1 Å². The van der Waals surface area contributed by atoms with E-state index in [0.717, 1.165) is 4.57 Å². The molecule has 16 heteroatoms. The summed E-state index contributed by atoms with van der Waals surface area (Å²) in [6, 6.07) is 31.2. The summed E-state index contributed by atoms with van der Waals surface area (Å²) in [5.74, 6) is 0. The van der Waals surface area contributed by atoms with Crippen LogP contribution in [0.15, 0.2) is 156 Å². The predicted molar refractivity (Wildman–Crippen MR) is 227 cm³/mol. The van der Waals surface area contributed by atoms with E-state index < -0.39 is 91.9 Å². The maximum Gasteiger partial charge on any atom is 0.419 e. The lowest BCUT2D eigenvalue weighted by Crippen LogP contribution is -2.43. The number of fused-ring (bicyclic) bond motifs is 6. The van der Waals surface area contributed by atoms with E-state index in [9.17, 15) is 0 Å². The normalized spacial score (nSPS) is 20.3. The molecule has 0 spiro atoms. The number of rotatable bonds is 4. The first-order valence-electron chi connectivity index (χ1n) is 20.8. The number of aromatic nitrogens is 3. The number of hydrogen-bond acceptors (Lipinski definition) is 1. The zero-order valence-corrected chi connectivity index (χ0v) is 34.4. The number of aliphatic imine (C=N–C) groups is 1. The Morgan fingerprint density at radius 3 is 1.42 bits per heavy atom. The Morgan fingerprint density at radius 1 is 0.463 bits per heavy atom. The first kappa shape index (κ1) is 43.7. The number of nitrogens with zero attached hydrogens (tertiary/aromatic N) is 2. The molecule has 10 rings (SSSR count). The second kappa shape index (κ2) is 15.4. The first-order valence-corrected chi connectivity index (χ1v) is 20.8. The third-order valence-electron chi connectivity index (χ3n) is 12.5. The average molecular weight is 929 g/mol. The SMILES string of the molecule is FC(F)(F)c1c2[nH]c(c1C(F)(F)F)/C(c1ccccc1)=c1/cc/c([nH]1)=C(\c1ccccc1)c1c(C(F)(F)F)c(C(F)(F)F)c3n1CCC[C@@]3(c1ccccc1)C1=N/C(=C\2c2ccccc2)C=C1. The van der Waals surface area contributed by atoms with Gasteiger partial charge in [0.05, 0.1) is 56.2 Å². The quantitative estimate of drug-likeness (QED) is 0.165. The smallest absolute Gasteiger partial charge is 0.354 e. The van der Waals surface area contributed by atoms with E-state index in [1.807, 2.05) is 0 Å². The second-order valence-electron chi connectivity index (χ2n) is 16.3. The van der Waals surface area contributed by atoms with Crippen LogP contribution in [0.25, 0.3) is 16.7 Å². The van der Waals surface area contributed by atoms with Crippen molar-refractivity contribution in [3.8, 4) is 0 Å². The lowest BCUT2D eigenvalue weighted by molar-refractivity contribution is -0.162. The van der Waals surface area contributed by atoms with Crippen LogP contribution in [-0.2, 0) is 36.7 Å². The summed E-state index contributed by atoms with van der Waals surface area (Å²) >= 11 is 0. The minimum Gasteiger partial charge on any atom is -0.354 e. The van der Waals surface area contributed by atoms with Gasteiger partial charge in [0.25, 0.3) is 0 Å². The molecule has 0 unspecified atom stereocenters. The Labute approximate surface area is 372 Å². The molecule has 340 valence electrons. The highest BCUT2D eigenvalue weighted by Crippen LogP contribution is 2.56. The van der Waals surface area contributed by atoms with Crippen LogP contribution >= 0.6 is 0 Å². The van der Waals surface area contributed by atoms with Gasteiger partial charge >= 0.3 is 24.7 Å². The molecule has 0 aliphatic carbocycles. The minimum absolute atomic E-state index is 0.00186. The minimum atomic E-state index is -5.69. The maximum atomic E-state index is 16.2. The third-order valence-corrected chi connectivity index (χ3v) is 12.5. The molecule has 0 fully saturated rings. The Bertz CT molecular complexity index is 3290. The molecule has 2 N–H and O–H groups in total. The zero-order chi connectivity index (χ0) is 47.3. The topological polar surface area (TPSA) is 48.9 Å². The number of halogens is 12. The highest BCUT2D eigenvalue weighted by Gasteiger charge is 2.58. The van der Waals surface area contributed by atoms with Crippen molar-refractivity contribution < 1.29 is 52.7 Å². The highest BCUT2D eigenvalue weighted by molar-refractivity contribution is 6.10. The molecule has 67 heavy (non-hydrogen) atoms. The summed E-state index contributed by atoms with van der Waals surface area (Å²) in [7, 11) is 0.